The van der Waals surface area contributed by atoms with Crippen molar-refractivity contribution in [1.82, 2.24) is 14.7 Å². The topological polar surface area (TPSA) is 56.2 Å². The Labute approximate surface area is 215 Å². The third-order valence-electron chi connectivity index (χ3n) is 8.95. The average Bonchev–Trinajstić information content (AvgIpc) is 2.88. The number of piperazine rings is 1. The lowest BCUT2D eigenvalue weighted by Gasteiger charge is -2.58. The Kier molecular flexibility index (Phi) is 7.27. The number of likely N-dealkylation sites (tertiary alicyclic amines) is 1. The molecular formula is C30H41N3O3. The third-order valence-corrected chi connectivity index (χ3v) is 8.95. The number of carboxylic acid groups (broad SMARTS) is 1. The first kappa shape index (κ1) is 25.1. The maximum absolute atomic E-state index is 11.4. The van der Waals surface area contributed by atoms with Gasteiger partial charge in [0.15, 0.2) is 0 Å². The Morgan fingerprint density at radius 2 is 1.72 bits per heavy atom. The summed E-state index contributed by atoms with van der Waals surface area (Å²) in [6.45, 7) is 10.1. The molecule has 1 atom stereocenters. The van der Waals surface area contributed by atoms with Crippen LogP contribution < -0.4 is 4.74 Å². The molecule has 2 saturated heterocycles. The van der Waals surface area contributed by atoms with Gasteiger partial charge < -0.3 is 14.7 Å². The highest BCUT2D eigenvalue weighted by Crippen LogP contribution is 2.53. The Morgan fingerprint density at radius 3 is 2.36 bits per heavy atom. The van der Waals surface area contributed by atoms with Crippen molar-refractivity contribution in [1.29, 1.82) is 0 Å². The lowest BCUT2D eigenvalue weighted by molar-refractivity contribution is -0.0749. The number of amides is 1. The number of rotatable bonds is 6. The van der Waals surface area contributed by atoms with Crippen LogP contribution in [0.3, 0.4) is 0 Å². The molecule has 1 spiro atoms. The average molecular weight is 492 g/mol. The minimum atomic E-state index is -0.765. The highest BCUT2D eigenvalue weighted by Gasteiger charge is 2.50. The van der Waals surface area contributed by atoms with Crippen LogP contribution in [0.1, 0.15) is 68.2 Å². The van der Waals surface area contributed by atoms with Gasteiger partial charge in [0.2, 0.25) is 0 Å². The molecule has 194 valence electrons. The summed E-state index contributed by atoms with van der Waals surface area (Å²) >= 11 is 0. The molecule has 36 heavy (non-hydrogen) atoms. The summed E-state index contributed by atoms with van der Waals surface area (Å²) < 4.78 is 5.34. The number of benzene rings is 2. The summed E-state index contributed by atoms with van der Waals surface area (Å²) in [5.41, 5.74) is 4.61. The van der Waals surface area contributed by atoms with E-state index in [1.807, 2.05) is 0 Å². The number of carbonyl (C=O) groups is 1. The number of piperidine rings is 1. The van der Waals surface area contributed by atoms with Gasteiger partial charge in [-0.25, -0.2) is 4.79 Å². The maximum Gasteiger partial charge on any atom is 0.407 e. The molecule has 6 heteroatoms. The molecular weight excluding hydrogens is 450 g/mol. The van der Waals surface area contributed by atoms with E-state index in [1.54, 1.807) is 12.0 Å². The Hall–Kier alpha value is -2.57. The Morgan fingerprint density at radius 1 is 1.03 bits per heavy atom. The number of nitrogens with zero attached hydrogens (tertiary/aromatic N) is 3. The summed E-state index contributed by atoms with van der Waals surface area (Å²) in [7, 11) is 1.71. The summed E-state index contributed by atoms with van der Waals surface area (Å²) in [6, 6.07) is 18.5. The maximum atomic E-state index is 11.4. The molecule has 2 aliphatic heterocycles. The molecule has 5 rings (SSSR count). The Balaban J connectivity index is 1.32. The molecule has 2 aromatic rings. The predicted octanol–water partition coefficient (Wildman–Crippen LogP) is 5.60. The number of hydrogen-bond acceptors (Lipinski definition) is 4. The fourth-order valence-corrected chi connectivity index (χ4v) is 6.80. The van der Waals surface area contributed by atoms with E-state index in [-0.39, 0.29) is 0 Å². The number of methoxy groups -OCH3 is 1. The van der Waals surface area contributed by atoms with Crippen LogP contribution >= 0.6 is 0 Å². The van der Waals surface area contributed by atoms with Gasteiger partial charge in [-0.3, -0.25) is 9.80 Å². The van der Waals surface area contributed by atoms with Gasteiger partial charge in [-0.1, -0.05) is 50.2 Å². The van der Waals surface area contributed by atoms with Crippen LogP contribution in [0.25, 0.3) is 0 Å². The fraction of sp³-hybridized carbons (Fsp3) is 0.567. The van der Waals surface area contributed by atoms with E-state index in [9.17, 15) is 9.90 Å². The first-order valence-corrected chi connectivity index (χ1v) is 13.6. The monoisotopic (exact) mass is 491 g/mol. The van der Waals surface area contributed by atoms with E-state index in [0.717, 1.165) is 44.8 Å². The summed E-state index contributed by atoms with van der Waals surface area (Å²) in [4.78, 5) is 18.4. The quantitative estimate of drug-likeness (QED) is 0.570. The second-order valence-corrected chi connectivity index (χ2v) is 11.5. The highest BCUT2D eigenvalue weighted by molar-refractivity contribution is 5.65. The van der Waals surface area contributed by atoms with Crippen LogP contribution in [0.15, 0.2) is 48.5 Å². The van der Waals surface area contributed by atoms with Crippen molar-refractivity contribution in [2.45, 2.75) is 64.1 Å². The van der Waals surface area contributed by atoms with Gasteiger partial charge in [0.25, 0.3) is 0 Å². The zero-order chi connectivity index (χ0) is 25.3. The van der Waals surface area contributed by atoms with Crippen LogP contribution in [0.5, 0.6) is 5.75 Å². The minimum absolute atomic E-state index is 0.346. The molecule has 1 aliphatic carbocycles. The number of ether oxygens (including phenoxy) is 1. The van der Waals surface area contributed by atoms with Gasteiger partial charge in [0.1, 0.15) is 5.75 Å². The first-order chi connectivity index (χ1) is 17.4. The molecule has 3 aliphatic rings. The van der Waals surface area contributed by atoms with E-state index in [4.69, 9.17) is 4.74 Å². The lowest BCUT2D eigenvalue weighted by atomic mass is 9.59. The van der Waals surface area contributed by atoms with E-state index >= 15 is 0 Å². The van der Waals surface area contributed by atoms with E-state index in [0.29, 0.717) is 36.5 Å². The first-order valence-electron chi connectivity index (χ1n) is 13.6. The minimum Gasteiger partial charge on any atom is -0.497 e. The molecule has 1 saturated carbocycles. The second-order valence-electron chi connectivity index (χ2n) is 11.5. The summed E-state index contributed by atoms with van der Waals surface area (Å²) in [5.74, 6) is 1.40. The van der Waals surface area contributed by atoms with E-state index in [1.165, 1.54) is 29.5 Å². The van der Waals surface area contributed by atoms with Gasteiger partial charge >= 0.3 is 6.09 Å². The molecule has 0 aromatic heterocycles. The molecule has 2 heterocycles. The van der Waals surface area contributed by atoms with E-state index in [2.05, 4.69) is 72.2 Å². The number of hydrogen-bond donors (Lipinski definition) is 1. The van der Waals surface area contributed by atoms with Gasteiger partial charge in [-0.2, -0.15) is 0 Å². The SMILES string of the molecule is COc1ccc(CN2CCN(C3CC4(CCN(C(=O)O)CC4)C3)[C@H](c3ccccc3C(C)C)C2)cc1. The molecule has 1 N–H and O–H groups in total. The van der Waals surface area contributed by atoms with Crippen molar-refractivity contribution in [3.8, 4) is 5.75 Å². The van der Waals surface area contributed by atoms with E-state index < -0.39 is 6.09 Å². The summed E-state index contributed by atoms with van der Waals surface area (Å²) in [5, 5.41) is 9.35. The van der Waals surface area contributed by atoms with Gasteiger partial charge in [0.05, 0.1) is 7.11 Å². The van der Waals surface area contributed by atoms with Crippen LogP contribution in [0, 0.1) is 5.41 Å². The highest BCUT2D eigenvalue weighted by atomic mass is 16.5. The molecule has 2 aromatic carbocycles. The van der Waals surface area contributed by atoms with Gasteiger partial charge in [-0.05, 0) is 65.8 Å². The van der Waals surface area contributed by atoms with Gasteiger partial charge in [0, 0.05) is 51.4 Å². The molecule has 0 radical (unpaired) electrons. The zero-order valence-electron chi connectivity index (χ0n) is 22.0. The summed E-state index contributed by atoms with van der Waals surface area (Å²) in [6.07, 6.45) is 3.68. The second kappa shape index (κ2) is 10.4. The zero-order valence-corrected chi connectivity index (χ0v) is 22.0. The standard InChI is InChI=1S/C30H41N3O3/c1-22(2)26-6-4-5-7-27(26)28-21-31(20-23-8-10-25(36-3)11-9-23)16-17-33(28)24-18-30(19-24)12-14-32(15-13-30)29(34)35/h4-11,22,24,28H,12-21H2,1-3H3,(H,34,35)/t28-/m0/s1. The van der Waals surface area contributed by atoms with Crippen molar-refractivity contribution in [3.05, 3.63) is 65.2 Å². The van der Waals surface area contributed by atoms with Crippen molar-refractivity contribution >= 4 is 6.09 Å². The normalized spacial score (nSPS) is 23.1. The molecule has 0 bridgehead atoms. The van der Waals surface area contributed by atoms with Gasteiger partial charge in [-0.15, -0.1) is 0 Å². The predicted molar refractivity (Wildman–Crippen MR) is 143 cm³/mol. The third kappa shape index (κ3) is 5.12. The van der Waals surface area contributed by atoms with Crippen LogP contribution in [-0.2, 0) is 6.54 Å². The van der Waals surface area contributed by atoms with Crippen molar-refractivity contribution in [3.63, 3.8) is 0 Å². The Bertz CT molecular complexity index is 1040. The van der Waals surface area contributed by atoms with Crippen LogP contribution in [0.2, 0.25) is 0 Å². The van der Waals surface area contributed by atoms with Crippen molar-refractivity contribution < 1.29 is 14.6 Å². The largest absolute Gasteiger partial charge is 0.497 e. The van der Waals surface area contributed by atoms with Crippen LogP contribution in [0.4, 0.5) is 4.79 Å². The molecule has 1 amide bonds. The molecule has 3 fully saturated rings. The molecule has 0 unspecified atom stereocenters. The van der Waals surface area contributed by atoms with Crippen molar-refractivity contribution in [2.24, 2.45) is 5.41 Å². The lowest BCUT2D eigenvalue weighted by Crippen LogP contribution is -2.60. The van der Waals surface area contributed by atoms with Crippen molar-refractivity contribution in [2.75, 3.05) is 39.8 Å². The van der Waals surface area contributed by atoms with Crippen LogP contribution in [-0.4, -0.2) is 71.8 Å². The fourth-order valence-electron chi connectivity index (χ4n) is 6.80. The molecule has 6 nitrogen and oxygen atoms in total. The smallest absolute Gasteiger partial charge is 0.407 e.